The Labute approximate surface area is 231 Å². The minimum absolute atomic E-state index is 0.0787. The molecule has 1 saturated heterocycles. The summed E-state index contributed by atoms with van der Waals surface area (Å²) < 4.78 is 4.95. The first-order valence-electron chi connectivity index (χ1n) is 12.6. The lowest BCUT2D eigenvalue weighted by Gasteiger charge is -2.19. The third-order valence-electron chi connectivity index (χ3n) is 7.23. The molecule has 196 valence electrons. The normalized spacial score (nSPS) is 17.1. The van der Waals surface area contributed by atoms with Crippen molar-refractivity contribution in [3.63, 3.8) is 0 Å². The second-order valence-corrected chi connectivity index (χ2v) is 10.5. The van der Waals surface area contributed by atoms with Crippen molar-refractivity contribution in [1.29, 1.82) is 0 Å². The van der Waals surface area contributed by atoms with Gasteiger partial charge in [-0.15, -0.1) is 0 Å². The fourth-order valence-corrected chi connectivity index (χ4v) is 5.91. The van der Waals surface area contributed by atoms with Crippen molar-refractivity contribution >= 4 is 52.1 Å². The first-order chi connectivity index (χ1) is 18.3. The van der Waals surface area contributed by atoms with Gasteiger partial charge in [-0.25, -0.2) is 9.59 Å². The Morgan fingerprint density at radius 1 is 1.00 bits per heavy atom. The van der Waals surface area contributed by atoms with Crippen LogP contribution in [-0.4, -0.2) is 48.3 Å². The minimum Gasteiger partial charge on any atom is -0.465 e. The standard InChI is InChI=1S/C30H28Cl2N2O4/c1-38-29(35)20-7-11-24-19(15-20)3-2-4-26(25-12-8-21(31)16-27(25)32)28(24)18-5-9-22(10-6-18)33-23-13-14-34(17-23)30(36)37/h5-12,15-16,23,33H,2-4,13-14,17H2,1H3,(H,36,37)/t23-/m1/s1. The van der Waals surface area contributed by atoms with E-state index in [-0.39, 0.29) is 12.0 Å². The minimum atomic E-state index is -0.882. The molecule has 1 heterocycles. The van der Waals surface area contributed by atoms with Crippen molar-refractivity contribution in [2.45, 2.75) is 31.7 Å². The third-order valence-corrected chi connectivity index (χ3v) is 7.78. The Balaban J connectivity index is 1.56. The van der Waals surface area contributed by atoms with E-state index in [0.717, 1.165) is 64.8 Å². The van der Waals surface area contributed by atoms with Gasteiger partial charge in [0.1, 0.15) is 0 Å². The van der Waals surface area contributed by atoms with Crippen LogP contribution >= 0.6 is 23.2 Å². The average Bonchev–Trinajstić information content (AvgIpc) is 3.30. The van der Waals surface area contributed by atoms with Crippen LogP contribution in [0.25, 0.3) is 11.1 Å². The number of carbonyl (C=O) groups is 2. The van der Waals surface area contributed by atoms with Gasteiger partial charge in [0.05, 0.1) is 12.7 Å². The molecular weight excluding hydrogens is 523 g/mol. The summed E-state index contributed by atoms with van der Waals surface area (Å²) in [6.07, 6.45) is 2.42. The summed E-state index contributed by atoms with van der Waals surface area (Å²) in [5, 5.41) is 13.9. The molecule has 0 radical (unpaired) electrons. The number of methoxy groups -OCH3 is 1. The number of carboxylic acid groups (broad SMARTS) is 1. The number of aryl methyl sites for hydroxylation is 1. The molecule has 8 heteroatoms. The van der Waals surface area contributed by atoms with Crippen LogP contribution < -0.4 is 5.32 Å². The number of nitrogens with zero attached hydrogens (tertiary/aromatic N) is 1. The lowest BCUT2D eigenvalue weighted by atomic mass is 9.87. The lowest BCUT2D eigenvalue weighted by molar-refractivity contribution is 0.0600. The molecule has 6 nitrogen and oxygen atoms in total. The molecule has 1 amide bonds. The second kappa shape index (κ2) is 11.1. The van der Waals surface area contributed by atoms with Crippen molar-refractivity contribution < 1.29 is 19.4 Å². The van der Waals surface area contributed by atoms with Crippen molar-refractivity contribution in [2.75, 3.05) is 25.5 Å². The molecular formula is C30H28Cl2N2O4. The number of amides is 1. The van der Waals surface area contributed by atoms with Crippen molar-refractivity contribution in [3.8, 4) is 0 Å². The number of benzene rings is 3. The zero-order chi connectivity index (χ0) is 26.8. The fraction of sp³-hybridized carbons (Fsp3) is 0.267. The van der Waals surface area contributed by atoms with Crippen molar-refractivity contribution in [2.24, 2.45) is 0 Å². The van der Waals surface area contributed by atoms with Gasteiger partial charge in [0.25, 0.3) is 0 Å². The lowest BCUT2D eigenvalue weighted by Crippen LogP contribution is -2.30. The number of anilines is 1. The van der Waals surface area contributed by atoms with Crippen LogP contribution in [0.2, 0.25) is 10.0 Å². The van der Waals surface area contributed by atoms with E-state index in [9.17, 15) is 14.7 Å². The molecule has 0 unspecified atom stereocenters. The van der Waals surface area contributed by atoms with Gasteiger partial charge in [-0.1, -0.05) is 47.5 Å². The number of hydrogen-bond acceptors (Lipinski definition) is 4. The SMILES string of the molecule is COC(=O)c1ccc2c(c1)CCCC(c1ccc(Cl)cc1Cl)=C2c1ccc(N[C@@H]2CCN(C(=O)O)C2)cc1. The highest BCUT2D eigenvalue weighted by Gasteiger charge is 2.26. The Kier molecular flexibility index (Phi) is 7.63. The number of halogens is 2. The van der Waals surface area contributed by atoms with E-state index in [0.29, 0.717) is 28.7 Å². The molecule has 1 fully saturated rings. The number of fused-ring (bicyclic) bond motifs is 1. The van der Waals surface area contributed by atoms with E-state index in [2.05, 4.69) is 17.4 Å². The van der Waals surface area contributed by atoms with Crippen molar-refractivity contribution in [3.05, 3.63) is 98.5 Å². The maximum atomic E-state index is 12.2. The number of rotatable bonds is 5. The number of hydrogen-bond donors (Lipinski definition) is 2. The smallest absolute Gasteiger partial charge is 0.407 e. The largest absolute Gasteiger partial charge is 0.465 e. The molecule has 3 aromatic carbocycles. The molecule has 0 saturated carbocycles. The first-order valence-corrected chi connectivity index (χ1v) is 13.3. The predicted octanol–water partition coefficient (Wildman–Crippen LogP) is 7.24. The van der Waals surface area contributed by atoms with Gasteiger partial charge < -0.3 is 20.1 Å². The highest BCUT2D eigenvalue weighted by atomic mass is 35.5. The maximum absolute atomic E-state index is 12.2. The first kappa shape index (κ1) is 26.1. The molecule has 1 aliphatic heterocycles. The molecule has 1 atom stereocenters. The van der Waals surface area contributed by atoms with Gasteiger partial charge >= 0.3 is 12.1 Å². The summed E-state index contributed by atoms with van der Waals surface area (Å²) in [5.74, 6) is -0.354. The number of esters is 1. The zero-order valence-electron chi connectivity index (χ0n) is 21.0. The number of carbonyl (C=O) groups excluding carboxylic acids is 1. The molecule has 0 spiro atoms. The van der Waals surface area contributed by atoms with E-state index in [1.807, 2.05) is 36.4 Å². The molecule has 2 aliphatic rings. The van der Waals surface area contributed by atoms with E-state index >= 15 is 0 Å². The molecule has 5 rings (SSSR count). The van der Waals surface area contributed by atoms with Crippen LogP contribution in [0.15, 0.2) is 60.7 Å². The quantitative estimate of drug-likeness (QED) is 0.327. The summed E-state index contributed by atoms with van der Waals surface area (Å²) >= 11 is 12.9. The Morgan fingerprint density at radius 2 is 1.76 bits per heavy atom. The average molecular weight is 551 g/mol. The highest BCUT2D eigenvalue weighted by molar-refractivity contribution is 6.36. The van der Waals surface area contributed by atoms with Gasteiger partial charge in [-0.2, -0.15) is 0 Å². The van der Waals surface area contributed by atoms with Gasteiger partial charge in [-0.3, -0.25) is 0 Å². The topological polar surface area (TPSA) is 78.9 Å². The van der Waals surface area contributed by atoms with Crippen LogP contribution in [0.5, 0.6) is 0 Å². The summed E-state index contributed by atoms with van der Waals surface area (Å²) in [5.41, 5.74) is 7.79. The van der Waals surface area contributed by atoms with Crippen LogP contribution in [-0.2, 0) is 11.2 Å². The fourth-order valence-electron chi connectivity index (χ4n) is 5.39. The number of likely N-dealkylation sites (tertiary alicyclic amines) is 1. The summed E-state index contributed by atoms with van der Waals surface area (Å²) in [6, 6.07) is 19.6. The monoisotopic (exact) mass is 550 g/mol. The Bertz CT molecular complexity index is 1420. The molecule has 0 bridgehead atoms. The van der Waals surface area contributed by atoms with Gasteiger partial charge in [0, 0.05) is 34.9 Å². The van der Waals surface area contributed by atoms with Gasteiger partial charge in [-0.05, 0) is 95.5 Å². The number of ether oxygens (including phenoxy) is 1. The van der Waals surface area contributed by atoms with Crippen LogP contribution in [0.1, 0.15) is 51.9 Å². The van der Waals surface area contributed by atoms with Crippen LogP contribution in [0, 0.1) is 0 Å². The molecule has 0 aromatic heterocycles. The van der Waals surface area contributed by atoms with Gasteiger partial charge in [0.15, 0.2) is 0 Å². The van der Waals surface area contributed by atoms with E-state index < -0.39 is 6.09 Å². The van der Waals surface area contributed by atoms with E-state index in [1.165, 1.54) is 12.0 Å². The Morgan fingerprint density at radius 3 is 2.45 bits per heavy atom. The molecule has 3 aromatic rings. The molecule has 2 N–H and O–H groups in total. The summed E-state index contributed by atoms with van der Waals surface area (Å²) in [7, 11) is 1.39. The van der Waals surface area contributed by atoms with Crippen LogP contribution in [0.3, 0.4) is 0 Å². The van der Waals surface area contributed by atoms with Gasteiger partial charge in [0.2, 0.25) is 0 Å². The molecule has 1 aliphatic carbocycles. The summed E-state index contributed by atoms with van der Waals surface area (Å²) in [6.45, 7) is 1.00. The number of nitrogens with one attached hydrogen (secondary N) is 1. The van der Waals surface area contributed by atoms with E-state index in [4.69, 9.17) is 27.9 Å². The van der Waals surface area contributed by atoms with E-state index in [1.54, 1.807) is 12.1 Å². The maximum Gasteiger partial charge on any atom is 0.407 e. The van der Waals surface area contributed by atoms with Crippen molar-refractivity contribution in [1.82, 2.24) is 4.90 Å². The number of allylic oxidation sites excluding steroid dienone is 1. The Hall–Kier alpha value is -3.48. The second-order valence-electron chi connectivity index (χ2n) is 9.63. The highest BCUT2D eigenvalue weighted by Crippen LogP contribution is 2.42. The molecule has 38 heavy (non-hydrogen) atoms. The third kappa shape index (κ3) is 5.38. The zero-order valence-corrected chi connectivity index (χ0v) is 22.5. The van der Waals surface area contributed by atoms with Crippen LogP contribution in [0.4, 0.5) is 10.5 Å². The summed E-state index contributed by atoms with van der Waals surface area (Å²) in [4.78, 5) is 24.9. The predicted molar refractivity (Wildman–Crippen MR) is 151 cm³/mol.